The molecule has 5 nitrogen and oxygen atoms in total. The predicted octanol–water partition coefficient (Wildman–Crippen LogP) is 5.72. The predicted molar refractivity (Wildman–Crippen MR) is 126 cm³/mol. The molecule has 0 aliphatic carbocycles. The van der Waals surface area contributed by atoms with Gasteiger partial charge in [-0.15, -0.1) is 10.2 Å². The van der Waals surface area contributed by atoms with Crippen LogP contribution in [0.4, 0.5) is 5.69 Å². The Bertz CT molecular complexity index is 1160. The van der Waals surface area contributed by atoms with Crippen molar-refractivity contribution < 1.29 is 9.53 Å². The molecule has 0 radical (unpaired) electrons. The number of fused-ring (bicyclic) bond motifs is 1. The van der Waals surface area contributed by atoms with Crippen molar-refractivity contribution in [2.24, 2.45) is 0 Å². The maximum atomic E-state index is 12.2. The van der Waals surface area contributed by atoms with Crippen molar-refractivity contribution in [1.29, 1.82) is 0 Å². The first-order valence-electron chi connectivity index (χ1n) is 9.21. The second-order valence-electron chi connectivity index (χ2n) is 6.33. The number of carbonyl (C=O) groups excluding carboxylic acids is 1. The summed E-state index contributed by atoms with van der Waals surface area (Å²) >= 11 is 4.57. The van der Waals surface area contributed by atoms with Gasteiger partial charge in [-0.3, -0.25) is 4.79 Å². The molecule has 3 aromatic carbocycles. The average molecular weight is 454 g/mol. The number of aromatic nitrogens is 2. The molecule has 4 aromatic rings. The SMILES string of the molecule is COc1cccc(NC(=O)CSc2nnc(SCc3cccc4ccccc34)s2)c1. The Labute approximate surface area is 187 Å². The summed E-state index contributed by atoms with van der Waals surface area (Å²) in [6, 6.07) is 22.0. The highest BCUT2D eigenvalue weighted by molar-refractivity contribution is 8.03. The smallest absolute Gasteiger partial charge is 0.234 e. The van der Waals surface area contributed by atoms with Crippen LogP contribution in [-0.2, 0) is 10.5 Å². The van der Waals surface area contributed by atoms with Gasteiger partial charge >= 0.3 is 0 Å². The van der Waals surface area contributed by atoms with Crippen molar-refractivity contribution in [3.05, 3.63) is 72.3 Å². The fourth-order valence-corrected chi connectivity index (χ4v) is 5.72. The summed E-state index contributed by atoms with van der Waals surface area (Å²) < 4.78 is 6.86. The largest absolute Gasteiger partial charge is 0.497 e. The number of nitrogens with zero attached hydrogens (tertiary/aromatic N) is 2. The molecule has 0 saturated heterocycles. The van der Waals surface area contributed by atoms with E-state index in [-0.39, 0.29) is 11.7 Å². The summed E-state index contributed by atoms with van der Waals surface area (Å²) in [4.78, 5) is 12.2. The third-order valence-electron chi connectivity index (χ3n) is 4.30. The zero-order chi connectivity index (χ0) is 20.8. The molecule has 1 heterocycles. The van der Waals surface area contributed by atoms with Gasteiger partial charge in [0.15, 0.2) is 8.68 Å². The Hall–Kier alpha value is -2.55. The maximum absolute atomic E-state index is 12.2. The van der Waals surface area contributed by atoms with Crippen molar-refractivity contribution in [2.45, 2.75) is 14.4 Å². The lowest BCUT2D eigenvalue weighted by Crippen LogP contribution is -2.13. The number of benzene rings is 3. The molecular formula is C22H19N3O2S3. The molecule has 0 atom stereocenters. The van der Waals surface area contributed by atoms with Crippen molar-refractivity contribution in [2.75, 3.05) is 18.2 Å². The summed E-state index contributed by atoms with van der Waals surface area (Å²) in [5, 5.41) is 13.8. The van der Waals surface area contributed by atoms with Crippen LogP contribution in [0.25, 0.3) is 10.8 Å². The van der Waals surface area contributed by atoms with Gasteiger partial charge in [0.25, 0.3) is 0 Å². The number of hydrogen-bond acceptors (Lipinski definition) is 7. The topological polar surface area (TPSA) is 64.1 Å². The average Bonchev–Trinajstić information content (AvgIpc) is 3.24. The normalized spacial score (nSPS) is 10.8. The highest BCUT2D eigenvalue weighted by Crippen LogP contribution is 2.32. The fourth-order valence-electron chi connectivity index (χ4n) is 2.90. The van der Waals surface area contributed by atoms with Gasteiger partial charge in [0, 0.05) is 17.5 Å². The Morgan fingerprint density at radius 1 is 1.00 bits per heavy atom. The molecule has 1 N–H and O–H groups in total. The minimum atomic E-state index is -0.0894. The summed E-state index contributed by atoms with van der Waals surface area (Å²) in [6.45, 7) is 0. The molecule has 0 saturated carbocycles. The van der Waals surface area contributed by atoms with E-state index in [0.717, 1.165) is 14.4 Å². The van der Waals surface area contributed by atoms with E-state index < -0.39 is 0 Å². The van der Waals surface area contributed by atoms with Crippen LogP contribution in [0, 0.1) is 0 Å². The van der Waals surface area contributed by atoms with Crippen molar-refractivity contribution in [1.82, 2.24) is 10.2 Å². The van der Waals surface area contributed by atoms with Crippen LogP contribution in [0.3, 0.4) is 0 Å². The van der Waals surface area contributed by atoms with E-state index in [0.29, 0.717) is 11.4 Å². The lowest BCUT2D eigenvalue weighted by Gasteiger charge is -2.06. The first-order chi connectivity index (χ1) is 14.7. The molecular weight excluding hydrogens is 434 g/mol. The Morgan fingerprint density at radius 3 is 2.63 bits per heavy atom. The van der Waals surface area contributed by atoms with Crippen LogP contribution in [0.15, 0.2) is 75.4 Å². The maximum Gasteiger partial charge on any atom is 0.234 e. The molecule has 1 aromatic heterocycles. The second-order valence-corrected chi connectivity index (χ2v) is 9.75. The number of nitrogens with one attached hydrogen (secondary N) is 1. The van der Waals surface area contributed by atoms with Crippen molar-refractivity contribution in [3.8, 4) is 5.75 Å². The van der Waals surface area contributed by atoms with Crippen LogP contribution in [-0.4, -0.2) is 29.0 Å². The van der Waals surface area contributed by atoms with E-state index in [2.05, 4.69) is 58.0 Å². The molecule has 0 unspecified atom stereocenters. The monoisotopic (exact) mass is 453 g/mol. The van der Waals surface area contributed by atoms with Crippen LogP contribution < -0.4 is 10.1 Å². The second kappa shape index (κ2) is 9.97. The van der Waals surface area contributed by atoms with E-state index in [9.17, 15) is 4.79 Å². The highest BCUT2D eigenvalue weighted by Gasteiger charge is 2.10. The quantitative estimate of drug-likeness (QED) is 0.344. The van der Waals surface area contributed by atoms with Crippen molar-refractivity contribution in [3.63, 3.8) is 0 Å². The highest BCUT2D eigenvalue weighted by atomic mass is 32.2. The minimum absolute atomic E-state index is 0.0894. The molecule has 0 aliphatic rings. The number of anilines is 1. The number of thioether (sulfide) groups is 2. The van der Waals surface area contributed by atoms with Crippen molar-refractivity contribution >= 4 is 57.2 Å². The first kappa shape index (κ1) is 20.7. The zero-order valence-electron chi connectivity index (χ0n) is 16.2. The van der Waals surface area contributed by atoms with Gasteiger partial charge in [-0.05, 0) is 28.5 Å². The number of ether oxygens (including phenoxy) is 1. The van der Waals surface area contributed by atoms with Crippen LogP contribution in [0.1, 0.15) is 5.56 Å². The van der Waals surface area contributed by atoms with Crippen LogP contribution >= 0.6 is 34.9 Å². The van der Waals surface area contributed by atoms with Gasteiger partial charge < -0.3 is 10.1 Å². The lowest BCUT2D eigenvalue weighted by atomic mass is 10.1. The molecule has 0 bridgehead atoms. The van der Waals surface area contributed by atoms with Gasteiger partial charge in [-0.1, -0.05) is 83.4 Å². The molecule has 8 heteroatoms. The van der Waals surface area contributed by atoms with E-state index in [1.165, 1.54) is 39.4 Å². The third-order valence-corrected chi connectivity index (χ3v) is 7.54. The summed E-state index contributed by atoms with van der Waals surface area (Å²) in [5.74, 6) is 1.72. The summed E-state index contributed by atoms with van der Waals surface area (Å²) in [5.41, 5.74) is 1.99. The van der Waals surface area contributed by atoms with Gasteiger partial charge in [-0.25, -0.2) is 0 Å². The lowest BCUT2D eigenvalue weighted by molar-refractivity contribution is -0.113. The van der Waals surface area contributed by atoms with Gasteiger partial charge in [0.05, 0.1) is 12.9 Å². The third kappa shape index (κ3) is 5.33. The number of hydrogen-bond donors (Lipinski definition) is 1. The summed E-state index contributed by atoms with van der Waals surface area (Å²) in [6.07, 6.45) is 0. The molecule has 1 amide bonds. The van der Waals surface area contributed by atoms with Gasteiger partial charge in [0.2, 0.25) is 5.91 Å². The van der Waals surface area contributed by atoms with Gasteiger partial charge in [-0.2, -0.15) is 0 Å². The number of amides is 1. The molecule has 4 rings (SSSR count). The molecule has 152 valence electrons. The Balaban J connectivity index is 1.30. The fraction of sp³-hybridized carbons (Fsp3) is 0.136. The Kier molecular flexibility index (Phi) is 6.88. The zero-order valence-corrected chi connectivity index (χ0v) is 18.7. The van der Waals surface area contributed by atoms with Crippen LogP contribution in [0.2, 0.25) is 0 Å². The number of carbonyl (C=O) groups is 1. The summed E-state index contributed by atoms with van der Waals surface area (Å²) in [7, 11) is 1.60. The molecule has 0 fully saturated rings. The first-order valence-corrected chi connectivity index (χ1v) is 12.0. The van der Waals surface area contributed by atoms with E-state index in [1.807, 2.05) is 18.2 Å². The number of methoxy groups -OCH3 is 1. The molecule has 0 spiro atoms. The van der Waals surface area contributed by atoms with Crippen LogP contribution in [0.5, 0.6) is 5.75 Å². The van der Waals surface area contributed by atoms with Gasteiger partial charge in [0.1, 0.15) is 5.75 Å². The number of rotatable bonds is 8. The van der Waals surface area contributed by atoms with E-state index in [1.54, 1.807) is 24.9 Å². The molecule has 30 heavy (non-hydrogen) atoms. The van der Waals surface area contributed by atoms with E-state index >= 15 is 0 Å². The minimum Gasteiger partial charge on any atom is -0.497 e. The van der Waals surface area contributed by atoms with E-state index in [4.69, 9.17) is 4.74 Å². The standard InChI is InChI=1S/C22H19N3O2S3/c1-27-18-10-5-9-17(12-18)23-20(26)14-29-22-25-24-21(30-22)28-13-16-8-4-7-15-6-2-3-11-19(15)16/h2-12H,13-14H2,1H3,(H,23,26). The Morgan fingerprint density at radius 2 is 1.77 bits per heavy atom. The molecule has 0 aliphatic heterocycles.